The van der Waals surface area contributed by atoms with Crippen molar-refractivity contribution in [1.82, 2.24) is 9.80 Å². The summed E-state index contributed by atoms with van der Waals surface area (Å²) in [5.41, 5.74) is 1.20. The summed E-state index contributed by atoms with van der Waals surface area (Å²) >= 11 is 5.98. The van der Waals surface area contributed by atoms with Crippen molar-refractivity contribution in [3.05, 3.63) is 82.9 Å². The molecular weight excluding hydrogens is 456 g/mol. The Kier molecular flexibility index (Phi) is 7.67. The highest BCUT2D eigenvalue weighted by atomic mass is 35.5. The van der Waals surface area contributed by atoms with E-state index in [1.807, 2.05) is 12.1 Å². The van der Waals surface area contributed by atoms with Crippen LogP contribution >= 0.6 is 11.6 Å². The van der Waals surface area contributed by atoms with E-state index in [4.69, 9.17) is 21.1 Å². The molecule has 0 spiro atoms. The number of benzene rings is 2. The Bertz CT molecular complexity index is 1080. The van der Waals surface area contributed by atoms with Crippen LogP contribution in [0.1, 0.15) is 17.2 Å². The summed E-state index contributed by atoms with van der Waals surface area (Å²) in [6.45, 7) is 7.80. The minimum absolute atomic E-state index is 0.0639. The maximum atomic E-state index is 13.1. The van der Waals surface area contributed by atoms with E-state index in [9.17, 15) is 14.7 Å². The standard InChI is InChI=1S/C26H27ClN2O5/c1-2-15-34-21-9-5-18(6-10-21)23-22(24(30)19-3-7-20(27)8-4-19)25(31)26(32)29(23)12-11-28-13-16-33-17-14-28/h2-10,23,30H,1,11-17H2/b24-22+/t23-/m1/s1. The second kappa shape index (κ2) is 10.9. The highest BCUT2D eigenvalue weighted by Crippen LogP contribution is 2.39. The molecule has 1 atom stereocenters. The van der Waals surface area contributed by atoms with Gasteiger partial charge < -0.3 is 19.5 Å². The van der Waals surface area contributed by atoms with Gasteiger partial charge in [0.15, 0.2) is 0 Å². The normalized spacial score (nSPS) is 20.5. The van der Waals surface area contributed by atoms with E-state index in [1.54, 1.807) is 47.4 Å². The number of nitrogens with zero attached hydrogens (tertiary/aromatic N) is 2. The maximum absolute atomic E-state index is 13.1. The van der Waals surface area contributed by atoms with Gasteiger partial charge in [0.05, 0.1) is 24.8 Å². The molecule has 2 fully saturated rings. The van der Waals surface area contributed by atoms with E-state index in [-0.39, 0.29) is 11.3 Å². The van der Waals surface area contributed by atoms with E-state index in [1.165, 1.54) is 0 Å². The molecule has 1 N–H and O–H groups in total. The summed E-state index contributed by atoms with van der Waals surface area (Å²) in [6.07, 6.45) is 1.65. The van der Waals surface area contributed by atoms with E-state index in [0.717, 1.165) is 13.1 Å². The van der Waals surface area contributed by atoms with Gasteiger partial charge in [0.1, 0.15) is 18.1 Å². The van der Waals surface area contributed by atoms with Crippen molar-refractivity contribution >= 4 is 29.1 Å². The fourth-order valence-electron chi connectivity index (χ4n) is 4.20. The number of hydrogen-bond acceptors (Lipinski definition) is 6. The van der Waals surface area contributed by atoms with Crippen LogP contribution in [-0.2, 0) is 14.3 Å². The van der Waals surface area contributed by atoms with Crippen molar-refractivity contribution in [2.75, 3.05) is 46.0 Å². The summed E-state index contributed by atoms with van der Waals surface area (Å²) < 4.78 is 11.0. The smallest absolute Gasteiger partial charge is 0.295 e. The Morgan fingerprint density at radius 2 is 1.76 bits per heavy atom. The van der Waals surface area contributed by atoms with Crippen LogP contribution in [-0.4, -0.2) is 72.6 Å². The SMILES string of the molecule is C=CCOc1ccc([C@@H]2/C(=C(\O)c3ccc(Cl)cc3)C(=O)C(=O)N2CCN2CCOCC2)cc1. The number of rotatable bonds is 8. The van der Waals surface area contributed by atoms with Crippen LogP contribution in [0.5, 0.6) is 5.75 Å². The number of hydrogen-bond donors (Lipinski definition) is 1. The van der Waals surface area contributed by atoms with Crippen LogP contribution in [0.3, 0.4) is 0 Å². The molecule has 0 aromatic heterocycles. The molecule has 7 nitrogen and oxygen atoms in total. The highest BCUT2D eigenvalue weighted by molar-refractivity contribution is 6.46. The van der Waals surface area contributed by atoms with Crippen molar-refractivity contribution in [2.24, 2.45) is 0 Å². The highest BCUT2D eigenvalue weighted by Gasteiger charge is 2.46. The molecule has 34 heavy (non-hydrogen) atoms. The van der Waals surface area contributed by atoms with Crippen LogP contribution < -0.4 is 4.74 Å². The topological polar surface area (TPSA) is 79.3 Å². The molecule has 2 aliphatic rings. The van der Waals surface area contributed by atoms with Crippen LogP contribution in [0, 0.1) is 0 Å². The van der Waals surface area contributed by atoms with Gasteiger partial charge in [0.25, 0.3) is 11.7 Å². The first-order valence-electron chi connectivity index (χ1n) is 11.2. The molecule has 2 saturated heterocycles. The zero-order valence-corrected chi connectivity index (χ0v) is 19.5. The number of carbonyl (C=O) groups excluding carboxylic acids is 2. The number of aliphatic hydroxyl groups is 1. The first-order chi connectivity index (χ1) is 16.5. The lowest BCUT2D eigenvalue weighted by Crippen LogP contribution is -2.42. The monoisotopic (exact) mass is 482 g/mol. The largest absolute Gasteiger partial charge is 0.507 e. The molecule has 0 saturated carbocycles. The zero-order chi connectivity index (χ0) is 24.1. The quantitative estimate of drug-likeness (QED) is 0.268. The molecule has 2 aromatic rings. The van der Waals surface area contributed by atoms with E-state index < -0.39 is 17.7 Å². The molecule has 0 aliphatic carbocycles. The zero-order valence-electron chi connectivity index (χ0n) is 18.8. The van der Waals surface area contributed by atoms with E-state index in [0.29, 0.717) is 54.8 Å². The first-order valence-corrected chi connectivity index (χ1v) is 11.6. The third kappa shape index (κ3) is 5.17. The van der Waals surface area contributed by atoms with Gasteiger partial charge in [-0.25, -0.2) is 0 Å². The van der Waals surface area contributed by atoms with E-state index >= 15 is 0 Å². The predicted molar refractivity (Wildman–Crippen MR) is 130 cm³/mol. The molecule has 2 heterocycles. The lowest BCUT2D eigenvalue weighted by Gasteiger charge is -2.31. The van der Waals surface area contributed by atoms with Crippen molar-refractivity contribution < 1.29 is 24.2 Å². The van der Waals surface area contributed by atoms with Crippen molar-refractivity contribution in [1.29, 1.82) is 0 Å². The molecule has 4 rings (SSSR count). The number of likely N-dealkylation sites (tertiary alicyclic amines) is 1. The fraction of sp³-hybridized carbons (Fsp3) is 0.308. The van der Waals surface area contributed by atoms with Crippen LogP contribution in [0.15, 0.2) is 66.8 Å². The summed E-state index contributed by atoms with van der Waals surface area (Å²) in [7, 11) is 0. The molecule has 8 heteroatoms. The molecule has 2 aromatic carbocycles. The second-order valence-electron chi connectivity index (χ2n) is 8.12. The minimum atomic E-state index is -0.717. The Morgan fingerprint density at radius 3 is 2.41 bits per heavy atom. The average Bonchev–Trinajstić information content (AvgIpc) is 3.12. The number of halogens is 1. The summed E-state index contributed by atoms with van der Waals surface area (Å²) in [5.74, 6) is -0.903. The van der Waals surface area contributed by atoms with Gasteiger partial charge >= 0.3 is 0 Å². The Hall–Kier alpha value is -3.13. The van der Waals surface area contributed by atoms with Gasteiger partial charge in [0.2, 0.25) is 0 Å². The summed E-state index contributed by atoms with van der Waals surface area (Å²) in [6, 6.07) is 13.0. The number of Topliss-reactive ketones (excluding diaryl/α,β-unsaturated/α-hetero) is 1. The van der Waals surface area contributed by atoms with Gasteiger partial charge in [-0.15, -0.1) is 0 Å². The van der Waals surface area contributed by atoms with E-state index in [2.05, 4.69) is 11.5 Å². The molecule has 0 unspecified atom stereocenters. The van der Waals surface area contributed by atoms with Crippen LogP contribution in [0.4, 0.5) is 0 Å². The Labute approximate surface area is 203 Å². The average molecular weight is 483 g/mol. The number of ketones is 1. The lowest BCUT2D eigenvalue weighted by molar-refractivity contribution is -0.140. The maximum Gasteiger partial charge on any atom is 0.295 e. The number of morpholine rings is 1. The minimum Gasteiger partial charge on any atom is -0.507 e. The Morgan fingerprint density at radius 1 is 1.09 bits per heavy atom. The molecule has 178 valence electrons. The third-order valence-electron chi connectivity index (χ3n) is 5.98. The predicted octanol–water partition coefficient (Wildman–Crippen LogP) is 3.66. The van der Waals surface area contributed by atoms with Gasteiger partial charge in [-0.05, 0) is 42.0 Å². The molecular formula is C26H27ClN2O5. The van der Waals surface area contributed by atoms with Gasteiger partial charge in [-0.1, -0.05) is 36.4 Å². The van der Waals surface area contributed by atoms with Crippen molar-refractivity contribution in [3.63, 3.8) is 0 Å². The Balaban J connectivity index is 1.70. The molecule has 0 bridgehead atoms. The van der Waals surface area contributed by atoms with Crippen molar-refractivity contribution in [3.8, 4) is 5.75 Å². The van der Waals surface area contributed by atoms with Gasteiger partial charge in [-0.2, -0.15) is 0 Å². The molecule has 0 radical (unpaired) electrons. The lowest BCUT2D eigenvalue weighted by atomic mass is 9.95. The fourth-order valence-corrected chi connectivity index (χ4v) is 4.32. The van der Waals surface area contributed by atoms with Gasteiger partial charge in [0, 0.05) is 36.8 Å². The number of ether oxygens (including phenoxy) is 2. The van der Waals surface area contributed by atoms with Crippen LogP contribution in [0.2, 0.25) is 5.02 Å². The first kappa shape index (κ1) is 24.0. The molecule has 2 aliphatic heterocycles. The summed E-state index contributed by atoms with van der Waals surface area (Å²) in [5, 5.41) is 11.6. The number of amides is 1. The van der Waals surface area contributed by atoms with Crippen LogP contribution in [0.25, 0.3) is 5.76 Å². The van der Waals surface area contributed by atoms with Gasteiger partial charge in [-0.3, -0.25) is 14.5 Å². The second-order valence-corrected chi connectivity index (χ2v) is 8.56. The number of aliphatic hydroxyl groups excluding tert-OH is 1. The van der Waals surface area contributed by atoms with Crippen molar-refractivity contribution in [2.45, 2.75) is 6.04 Å². The number of carbonyl (C=O) groups is 2. The summed E-state index contributed by atoms with van der Waals surface area (Å²) in [4.78, 5) is 30.0. The third-order valence-corrected chi connectivity index (χ3v) is 6.23. The molecule has 1 amide bonds.